The molecule has 7 nitrogen and oxygen atoms in total. The average molecular weight is 493 g/mol. The maximum absolute atomic E-state index is 13.9. The lowest BCUT2D eigenvalue weighted by Gasteiger charge is -2.24. The molecule has 0 spiro atoms. The first-order chi connectivity index (χ1) is 17.5. The third-order valence-electron chi connectivity index (χ3n) is 6.20. The highest BCUT2D eigenvalue weighted by molar-refractivity contribution is 7.17. The number of ketones is 1. The van der Waals surface area contributed by atoms with E-state index in [-0.39, 0.29) is 11.5 Å². The van der Waals surface area contributed by atoms with Crippen LogP contribution >= 0.6 is 11.3 Å². The van der Waals surface area contributed by atoms with Gasteiger partial charge in [-0.1, -0.05) is 72.8 Å². The molecule has 3 heterocycles. The van der Waals surface area contributed by atoms with Gasteiger partial charge < -0.3 is 10.1 Å². The van der Waals surface area contributed by atoms with Gasteiger partial charge in [0.05, 0.1) is 33.2 Å². The second-order valence-electron chi connectivity index (χ2n) is 8.46. The van der Waals surface area contributed by atoms with Crippen molar-refractivity contribution >= 4 is 40.0 Å². The Morgan fingerprint density at radius 1 is 0.944 bits per heavy atom. The Bertz CT molecular complexity index is 1620. The summed E-state index contributed by atoms with van der Waals surface area (Å²) in [5.41, 5.74) is 3.57. The highest BCUT2D eigenvalue weighted by atomic mass is 32.1. The summed E-state index contributed by atoms with van der Waals surface area (Å²) in [6.45, 7) is 1.76. The SMILES string of the molecule is Cc1nc(-c2ccccc2)sc1C(=O)C1=C(O)C(=O)N(c2nc3ccccc3[nH]2)C1c1ccccc1. The van der Waals surface area contributed by atoms with Gasteiger partial charge >= 0.3 is 0 Å². The fourth-order valence-corrected chi connectivity index (χ4v) is 5.52. The van der Waals surface area contributed by atoms with Crippen LogP contribution in [0.5, 0.6) is 0 Å². The van der Waals surface area contributed by atoms with E-state index in [1.54, 1.807) is 6.92 Å². The van der Waals surface area contributed by atoms with Gasteiger partial charge in [0.1, 0.15) is 5.01 Å². The van der Waals surface area contributed by atoms with Crippen molar-refractivity contribution < 1.29 is 14.7 Å². The Balaban J connectivity index is 1.48. The van der Waals surface area contributed by atoms with E-state index in [9.17, 15) is 14.7 Å². The number of amides is 1. The first kappa shape index (κ1) is 21.9. The number of rotatable bonds is 5. The summed E-state index contributed by atoms with van der Waals surface area (Å²) in [6, 6.07) is 25.3. The van der Waals surface area contributed by atoms with Gasteiger partial charge in [-0.25, -0.2) is 9.97 Å². The minimum atomic E-state index is -0.853. The number of thiazole rings is 1. The van der Waals surface area contributed by atoms with Crippen molar-refractivity contribution in [2.24, 2.45) is 0 Å². The van der Waals surface area contributed by atoms with E-state index in [1.807, 2.05) is 84.9 Å². The van der Waals surface area contributed by atoms with Crippen LogP contribution in [-0.2, 0) is 4.79 Å². The standard InChI is InChI=1S/C28H20N4O3S/c1-16-25(36-26(29-16)18-12-6-3-7-13-18)23(33)21-22(17-10-4-2-5-11-17)32(27(35)24(21)34)28-30-19-14-8-9-15-20(19)31-28/h2-15,22,34H,1H3,(H,30,31). The molecule has 0 bridgehead atoms. The molecule has 0 radical (unpaired) electrons. The number of H-pyrrole nitrogens is 1. The smallest absolute Gasteiger partial charge is 0.296 e. The summed E-state index contributed by atoms with van der Waals surface area (Å²) in [5.74, 6) is -1.43. The van der Waals surface area contributed by atoms with E-state index in [1.165, 1.54) is 16.2 Å². The second kappa shape index (κ2) is 8.58. The number of aromatic amines is 1. The summed E-state index contributed by atoms with van der Waals surface area (Å²) in [7, 11) is 0. The van der Waals surface area contributed by atoms with Crippen molar-refractivity contribution in [3.8, 4) is 10.6 Å². The number of nitrogens with zero attached hydrogens (tertiary/aromatic N) is 3. The van der Waals surface area contributed by atoms with Crippen molar-refractivity contribution in [1.29, 1.82) is 0 Å². The Morgan fingerprint density at radius 3 is 2.33 bits per heavy atom. The van der Waals surface area contributed by atoms with Gasteiger partial charge in [-0.3, -0.25) is 14.5 Å². The summed E-state index contributed by atoms with van der Waals surface area (Å²) >= 11 is 1.25. The van der Waals surface area contributed by atoms with Crippen LogP contribution in [0.3, 0.4) is 0 Å². The minimum Gasteiger partial charge on any atom is -0.503 e. The van der Waals surface area contributed by atoms with Gasteiger partial charge in [0.15, 0.2) is 5.76 Å². The van der Waals surface area contributed by atoms with Gasteiger partial charge in [0.2, 0.25) is 11.7 Å². The number of carbonyl (C=O) groups is 2. The molecule has 1 unspecified atom stereocenters. The Labute approximate surface area is 210 Å². The maximum Gasteiger partial charge on any atom is 0.296 e. The molecule has 8 heteroatoms. The zero-order valence-electron chi connectivity index (χ0n) is 19.2. The molecular weight excluding hydrogens is 472 g/mol. The molecule has 0 saturated heterocycles. The molecule has 1 aliphatic rings. The van der Waals surface area contributed by atoms with Gasteiger partial charge in [-0.15, -0.1) is 11.3 Å². The molecule has 2 aromatic heterocycles. The largest absolute Gasteiger partial charge is 0.503 e. The molecule has 2 N–H and O–H groups in total. The van der Waals surface area contributed by atoms with Crippen molar-refractivity contribution in [1.82, 2.24) is 15.0 Å². The maximum atomic E-state index is 13.9. The van der Waals surface area contributed by atoms with Crippen molar-refractivity contribution in [2.75, 3.05) is 4.90 Å². The molecule has 0 aliphatic carbocycles. The molecule has 5 aromatic rings. The molecule has 0 saturated carbocycles. The second-order valence-corrected chi connectivity index (χ2v) is 9.46. The Hall–Kier alpha value is -4.56. The number of para-hydroxylation sites is 2. The molecule has 6 rings (SSSR count). The zero-order valence-corrected chi connectivity index (χ0v) is 20.0. The van der Waals surface area contributed by atoms with Gasteiger partial charge in [-0.05, 0) is 24.6 Å². The van der Waals surface area contributed by atoms with Crippen LogP contribution in [0.25, 0.3) is 21.6 Å². The van der Waals surface area contributed by atoms with Crippen LogP contribution in [0.4, 0.5) is 5.95 Å². The molecular formula is C28H20N4O3S. The van der Waals surface area contributed by atoms with Gasteiger partial charge in [0, 0.05) is 5.56 Å². The topological polar surface area (TPSA) is 99.2 Å². The fraction of sp³-hybridized carbons (Fsp3) is 0.0714. The normalized spacial score (nSPS) is 15.8. The predicted molar refractivity (Wildman–Crippen MR) is 139 cm³/mol. The van der Waals surface area contributed by atoms with Crippen LogP contribution < -0.4 is 4.90 Å². The fourth-order valence-electron chi connectivity index (χ4n) is 4.49. The molecule has 36 heavy (non-hydrogen) atoms. The average Bonchev–Trinajstić information content (AvgIpc) is 3.58. The van der Waals surface area contributed by atoms with E-state index in [0.29, 0.717) is 26.7 Å². The van der Waals surface area contributed by atoms with Crippen LogP contribution in [0, 0.1) is 6.92 Å². The number of hydrogen-bond acceptors (Lipinski definition) is 6. The first-order valence-corrected chi connectivity index (χ1v) is 12.2. The van der Waals surface area contributed by atoms with E-state index in [0.717, 1.165) is 11.1 Å². The highest BCUT2D eigenvalue weighted by Crippen LogP contribution is 2.42. The lowest BCUT2D eigenvalue weighted by molar-refractivity contribution is -0.117. The van der Waals surface area contributed by atoms with E-state index in [2.05, 4.69) is 15.0 Å². The van der Waals surface area contributed by atoms with Crippen LogP contribution in [0.1, 0.15) is 27.0 Å². The molecule has 0 fully saturated rings. The number of nitrogens with one attached hydrogen (secondary N) is 1. The predicted octanol–water partition coefficient (Wildman–Crippen LogP) is 5.78. The minimum absolute atomic E-state index is 0.0121. The Kier molecular flexibility index (Phi) is 5.23. The van der Waals surface area contributed by atoms with Gasteiger partial charge in [-0.2, -0.15) is 0 Å². The molecule has 1 atom stereocenters. The number of anilines is 1. The number of aromatic nitrogens is 3. The Morgan fingerprint density at radius 2 is 1.61 bits per heavy atom. The number of aliphatic hydroxyl groups is 1. The van der Waals surface area contributed by atoms with Crippen molar-refractivity contribution in [3.05, 3.63) is 112 Å². The summed E-state index contributed by atoms with van der Waals surface area (Å²) in [5, 5.41) is 11.8. The lowest BCUT2D eigenvalue weighted by atomic mass is 9.95. The van der Waals surface area contributed by atoms with Gasteiger partial charge in [0.25, 0.3) is 5.91 Å². The lowest BCUT2D eigenvalue weighted by Crippen LogP contribution is -2.32. The molecule has 1 aliphatic heterocycles. The van der Waals surface area contributed by atoms with Crippen LogP contribution in [0.2, 0.25) is 0 Å². The number of Topliss-reactive ketones (excluding diaryl/α,β-unsaturated/α-hetero) is 1. The summed E-state index contributed by atoms with van der Waals surface area (Å²) < 4.78 is 0. The van der Waals surface area contributed by atoms with E-state index in [4.69, 9.17) is 0 Å². The molecule has 3 aromatic carbocycles. The quantitative estimate of drug-likeness (QED) is 0.303. The van der Waals surface area contributed by atoms with E-state index < -0.39 is 23.5 Å². The number of aliphatic hydroxyl groups excluding tert-OH is 1. The number of carbonyl (C=O) groups excluding carboxylic acids is 2. The summed E-state index contributed by atoms with van der Waals surface area (Å²) in [4.78, 5) is 41.4. The van der Waals surface area contributed by atoms with Crippen LogP contribution in [-0.4, -0.2) is 31.7 Å². The number of imidazole rings is 1. The van der Waals surface area contributed by atoms with Crippen molar-refractivity contribution in [3.63, 3.8) is 0 Å². The third kappa shape index (κ3) is 3.50. The summed E-state index contributed by atoms with van der Waals surface area (Å²) in [6.07, 6.45) is 0. The number of benzene rings is 3. The number of hydrogen-bond donors (Lipinski definition) is 2. The monoisotopic (exact) mass is 492 g/mol. The zero-order chi connectivity index (χ0) is 24.8. The first-order valence-electron chi connectivity index (χ1n) is 11.4. The molecule has 176 valence electrons. The third-order valence-corrected chi connectivity index (χ3v) is 7.40. The highest BCUT2D eigenvalue weighted by Gasteiger charge is 2.46. The van der Waals surface area contributed by atoms with Crippen molar-refractivity contribution in [2.45, 2.75) is 13.0 Å². The molecule has 1 amide bonds. The number of aryl methyl sites for hydroxylation is 1. The van der Waals surface area contributed by atoms with E-state index >= 15 is 0 Å². The van der Waals surface area contributed by atoms with Crippen LogP contribution in [0.15, 0.2) is 96.3 Å². The number of fused-ring (bicyclic) bond motifs is 1.